The fraction of sp³-hybridized carbons (Fsp3) is 0.438. The third-order valence-electron chi connectivity index (χ3n) is 3.11. The Morgan fingerprint density at radius 1 is 1.43 bits per heavy atom. The summed E-state index contributed by atoms with van der Waals surface area (Å²) in [5.41, 5.74) is 1.25. The number of anilines is 1. The van der Waals surface area contributed by atoms with E-state index in [-0.39, 0.29) is 0 Å². The molecule has 0 radical (unpaired) electrons. The zero-order chi connectivity index (χ0) is 15.2. The average Bonchev–Trinajstić information content (AvgIpc) is 2.84. The highest BCUT2D eigenvalue weighted by Crippen LogP contribution is 2.24. The molecule has 114 valence electrons. The number of hydrogen-bond acceptors (Lipinski definition) is 4. The van der Waals surface area contributed by atoms with Gasteiger partial charge >= 0.3 is 0 Å². The third kappa shape index (κ3) is 5.09. The first-order valence-electron chi connectivity index (χ1n) is 7.15. The molecule has 0 fully saturated rings. The van der Waals surface area contributed by atoms with Crippen LogP contribution in [0.25, 0.3) is 0 Å². The molecule has 0 aliphatic carbocycles. The van der Waals surface area contributed by atoms with Gasteiger partial charge in [-0.15, -0.1) is 11.3 Å². The third-order valence-corrected chi connectivity index (χ3v) is 4.79. The Morgan fingerprint density at radius 3 is 2.90 bits per heavy atom. The molecule has 2 rings (SSSR count). The van der Waals surface area contributed by atoms with Gasteiger partial charge < -0.3 is 10.2 Å². The molecular formula is C16H22BrN3S. The van der Waals surface area contributed by atoms with Gasteiger partial charge in [0.05, 0.1) is 6.54 Å². The maximum atomic E-state index is 4.56. The summed E-state index contributed by atoms with van der Waals surface area (Å²) in [6.45, 7) is 7.20. The van der Waals surface area contributed by atoms with Crippen LogP contribution in [0.15, 0.2) is 34.2 Å². The maximum Gasteiger partial charge on any atom is 0.133 e. The van der Waals surface area contributed by atoms with Crippen LogP contribution in [0.4, 0.5) is 5.82 Å². The standard InChI is InChI=1S/C16H22BrN3S/c1-12(2)8-18-9-13-5-4-6-19-16(13)20(3)10-15-7-14(17)11-21-15/h4-7,11-12,18H,8-10H2,1-3H3. The van der Waals surface area contributed by atoms with E-state index in [1.54, 1.807) is 11.3 Å². The second-order valence-corrected chi connectivity index (χ2v) is 7.51. The number of nitrogens with zero attached hydrogens (tertiary/aromatic N) is 2. The second kappa shape index (κ2) is 7.92. The van der Waals surface area contributed by atoms with Crippen molar-refractivity contribution in [2.45, 2.75) is 26.9 Å². The van der Waals surface area contributed by atoms with Crippen LogP contribution in [0.5, 0.6) is 0 Å². The quantitative estimate of drug-likeness (QED) is 0.790. The van der Waals surface area contributed by atoms with Crippen molar-refractivity contribution in [3.05, 3.63) is 44.7 Å². The van der Waals surface area contributed by atoms with Crippen LogP contribution < -0.4 is 10.2 Å². The summed E-state index contributed by atoms with van der Waals surface area (Å²) in [6.07, 6.45) is 1.86. The first-order valence-corrected chi connectivity index (χ1v) is 8.82. The Kier molecular flexibility index (Phi) is 6.21. The summed E-state index contributed by atoms with van der Waals surface area (Å²) in [4.78, 5) is 8.10. The SMILES string of the molecule is CC(C)CNCc1cccnc1N(C)Cc1cc(Br)cs1. The van der Waals surface area contributed by atoms with E-state index < -0.39 is 0 Å². The molecule has 0 aliphatic heterocycles. The van der Waals surface area contributed by atoms with Crippen LogP contribution in [0.3, 0.4) is 0 Å². The highest BCUT2D eigenvalue weighted by Gasteiger charge is 2.10. The predicted molar refractivity (Wildman–Crippen MR) is 94.9 cm³/mol. The number of thiophene rings is 1. The van der Waals surface area contributed by atoms with Gasteiger partial charge in [-0.3, -0.25) is 0 Å². The van der Waals surface area contributed by atoms with Crippen molar-refractivity contribution in [1.29, 1.82) is 0 Å². The lowest BCUT2D eigenvalue weighted by Crippen LogP contribution is -2.23. The fourth-order valence-corrected chi connectivity index (χ4v) is 3.66. The Morgan fingerprint density at radius 2 is 2.24 bits per heavy atom. The Bertz CT molecular complexity index is 568. The molecule has 0 bridgehead atoms. The van der Waals surface area contributed by atoms with Gasteiger partial charge in [-0.25, -0.2) is 4.98 Å². The van der Waals surface area contributed by atoms with E-state index in [0.29, 0.717) is 5.92 Å². The summed E-state index contributed by atoms with van der Waals surface area (Å²) in [6, 6.07) is 6.32. The van der Waals surface area contributed by atoms with Crippen molar-refractivity contribution in [3.8, 4) is 0 Å². The van der Waals surface area contributed by atoms with Crippen molar-refractivity contribution in [1.82, 2.24) is 10.3 Å². The molecular weight excluding hydrogens is 346 g/mol. The maximum absolute atomic E-state index is 4.56. The molecule has 2 heterocycles. The number of pyridine rings is 1. The number of rotatable bonds is 7. The largest absolute Gasteiger partial charge is 0.354 e. The van der Waals surface area contributed by atoms with Gasteiger partial charge in [-0.1, -0.05) is 19.9 Å². The van der Waals surface area contributed by atoms with Gasteiger partial charge in [-0.2, -0.15) is 0 Å². The first-order chi connectivity index (χ1) is 10.1. The van der Waals surface area contributed by atoms with E-state index in [1.165, 1.54) is 10.4 Å². The van der Waals surface area contributed by atoms with E-state index >= 15 is 0 Å². The average molecular weight is 368 g/mol. The molecule has 21 heavy (non-hydrogen) atoms. The molecule has 0 saturated carbocycles. The van der Waals surface area contributed by atoms with Crippen molar-refractivity contribution in [2.75, 3.05) is 18.5 Å². The van der Waals surface area contributed by atoms with Crippen LogP contribution in [0.2, 0.25) is 0 Å². The van der Waals surface area contributed by atoms with Gasteiger partial charge in [0.15, 0.2) is 0 Å². The lowest BCUT2D eigenvalue weighted by Gasteiger charge is -2.21. The minimum atomic E-state index is 0.659. The molecule has 2 aromatic rings. The van der Waals surface area contributed by atoms with E-state index in [1.807, 2.05) is 12.3 Å². The molecule has 0 atom stereocenters. The molecule has 0 spiro atoms. The molecule has 5 heteroatoms. The van der Waals surface area contributed by atoms with Gasteiger partial charge in [0.1, 0.15) is 5.82 Å². The number of aromatic nitrogens is 1. The van der Waals surface area contributed by atoms with Gasteiger partial charge in [-0.05, 0) is 40.5 Å². The summed E-state index contributed by atoms with van der Waals surface area (Å²) >= 11 is 5.27. The minimum absolute atomic E-state index is 0.659. The molecule has 0 aliphatic rings. The van der Waals surface area contributed by atoms with Gasteiger partial charge in [0.2, 0.25) is 0 Å². The molecule has 3 nitrogen and oxygen atoms in total. The van der Waals surface area contributed by atoms with Crippen LogP contribution in [-0.2, 0) is 13.1 Å². The predicted octanol–water partition coefficient (Wildman–Crippen LogP) is 4.29. The van der Waals surface area contributed by atoms with E-state index in [2.05, 4.69) is 69.5 Å². The Hall–Kier alpha value is -0.910. The first kappa shape index (κ1) is 16.5. The van der Waals surface area contributed by atoms with E-state index in [0.717, 1.165) is 29.9 Å². The van der Waals surface area contributed by atoms with E-state index in [4.69, 9.17) is 0 Å². The minimum Gasteiger partial charge on any atom is -0.354 e. The lowest BCUT2D eigenvalue weighted by molar-refractivity contribution is 0.551. The van der Waals surface area contributed by atoms with Crippen molar-refractivity contribution < 1.29 is 0 Å². The van der Waals surface area contributed by atoms with Crippen LogP contribution in [0.1, 0.15) is 24.3 Å². The highest BCUT2D eigenvalue weighted by atomic mass is 79.9. The van der Waals surface area contributed by atoms with Crippen molar-refractivity contribution >= 4 is 33.1 Å². The molecule has 2 aromatic heterocycles. The highest BCUT2D eigenvalue weighted by molar-refractivity contribution is 9.10. The summed E-state index contributed by atoms with van der Waals surface area (Å²) < 4.78 is 1.15. The van der Waals surface area contributed by atoms with Crippen LogP contribution in [-0.4, -0.2) is 18.6 Å². The Labute approximate surface area is 139 Å². The topological polar surface area (TPSA) is 28.2 Å². The molecule has 1 N–H and O–H groups in total. The number of nitrogens with one attached hydrogen (secondary N) is 1. The van der Waals surface area contributed by atoms with Crippen LogP contribution >= 0.6 is 27.3 Å². The number of halogens is 1. The molecule has 0 saturated heterocycles. The zero-order valence-electron chi connectivity index (χ0n) is 12.8. The molecule has 0 amide bonds. The monoisotopic (exact) mass is 367 g/mol. The summed E-state index contributed by atoms with van der Waals surface area (Å²) in [5.74, 6) is 1.71. The van der Waals surface area contributed by atoms with Crippen molar-refractivity contribution in [2.24, 2.45) is 5.92 Å². The van der Waals surface area contributed by atoms with Crippen LogP contribution in [0, 0.1) is 5.92 Å². The van der Waals surface area contributed by atoms with Crippen molar-refractivity contribution in [3.63, 3.8) is 0 Å². The van der Waals surface area contributed by atoms with Gasteiger partial charge in [0.25, 0.3) is 0 Å². The smallest absolute Gasteiger partial charge is 0.133 e. The molecule has 0 unspecified atom stereocenters. The fourth-order valence-electron chi connectivity index (χ4n) is 2.15. The normalized spacial score (nSPS) is 11.1. The summed E-state index contributed by atoms with van der Waals surface area (Å²) in [7, 11) is 2.10. The summed E-state index contributed by atoms with van der Waals surface area (Å²) in [5, 5.41) is 5.61. The second-order valence-electron chi connectivity index (χ2n) is 5.60. The van der Waals surface area contributed by atoms with Gasteiger partial charge in [0, 0.05) is 40.1 Å². The van der Waals surface area contributed by atoms with E-state index in [9.17, 15) is 0 Å². The Balaban J connectivity index is 2.04. The number of hydrogen-bond donors (Lipinski definition) is 1. The molecule has 0 aromatic carbocycles. The zero-order valence-corrected chi connectivity index (χ0v) is 15.2. The lowest BCUT2D eigenvalue weighted by atomic mass is 10.2.